The largest absolute Gasteiger partial charge is 0.480 e. The molecular weight excluding hydrogens is 664 g/mol. The molecule has 1 aliphatic heterocycles. The third-order valence-electron chi connectivity index (χ3n) is 8.79. The van der Waals surface area contributed by atoms with E-state index >= 15 is 0 Å². The van der Waals surface area contributed by atoms with Crippen LogP contribution < -0.4 is 49.5 Å². The van der Waals surface area contributed by atoms with Crippen LogP contribution in [0.3, 0.4) is 0 Å². The number of carbonyl (C=O) groups is 7. The molecule has 6 atom stereocenters. The van der Waals surface area contributed by atoms with Crippen molar-refractivity contribution in [1.29, 1.82) is 0 Å². The summed E-state index contributed by atoms with van der Waals surface area (Å²) < 4.78 is 0. The van der Waals surface area contributed by atoms with Crippen LogP contribution in [0.2, 0.25) is 0 Å². The van der Waals surface area contributed by atoms with Gasteiger partial charge in [0.15, 0.2) is 0 Å². The van der Waals surface area contributed by atoms with Crippen LogP contribution in [0.25, 0.3) is 0 Å². The zero-order chi connectivity index (χ0) is 38.7. The van der Waals surface area contributed by atoms with E-state index in [2.05, 4.69) is 26.6 Å². The maximum absolute atomic E-state index is 14.0. The second kappa shape index (κ2) is 23.4. The number of nitrogens with one attached hydrogen (secondary N) is 5. The van der Waals surface area contributed by atoms with Crippen LogP contribution in [-0.4, -0.2) is 114 Å². The van der Waals surface area contributed by atoms with Crippen molar-refractivity contribution in [2.45, 2.75) is 128 Å². The summed E-state index contributed by atoms with van der Waals surface area (Å²) in [6.45, 7) is 7.92. The van der Waals surface area contributed by atoms with Gasteiger partial charge < -0.3 is 59.5 Å². The van der Waals surface area contributed by atoms with E-state index < -0.39 is 83.7 Å². The number of carboxylic acid groups (broad SMARTS) is 1. The topological polar surface area (TPSA) is 307 Å². The van der Waals surface area contributed by atoms with E-state index in [9.17, 15) is 38.7 Å². The highest BCUT2D eigenvalue weighted by Crippen LogP contribution is 2.21. The molecule has 0 spiro atoms. The minimum Gasteiger partial charge on any atom is -0.480 e. The van der Waals surface area contributed by atoms with Crippen LogP contribution in [0.15, 0.2) is 0 Å². The van der Waals surface area contributed by atoms with E-state index in [1.165, 1.54) is 4.90 Å². The van der Waals surface area contributed by atoms with Crippen molar-refractivity contribution >= 4 is 41.5 Å². The molecule has 0 aromatic heterocycles. The molecule has 1 fully saturated rings. The molecule has 0 aromatic rings. The molecule has 0 unspecified atom stereocenters. The maximum Gasteiger partial charge on any atom is 0.326 e. The maximum atomic E-state index is 14.0. The first-order chi connectivity index (χ1) is 24.0. The zero-order valence-corrected chi connectivity index (χ0v) is 30.6. The van der Waals surface area contributed by atoms with Gasteiger partial charge in [-0.15, -0.1) is 0 Å². The Morgan fingerprint density at radius 2 is 1.29 bits per heavy atom. The highest BCUT2D eigenvalue weighted by Gasteiger charge is 2.40. The van der Waals surface area contributed by atoms with E-state index in [1.807, 2.05) is 0 Å². The summed E-state index contributed by atoms with van der Waals surface area (Å²) in [5.74, 6) is -4.94. The minimum absolute atomic E-state index is 0.0411. The number of unbranched alkanes of at least 4 members (excludes halogenated alkanes) is 2. The monoisotopic (exact) mass is 726 g/mol. The van der Waals surface area contributed by atoms with E-state index in [4.69, 9.17) is 22.9 Å². The van der Waals surface area contributed by atoms with E-state index in [1.54, 1.807) is 27.7 Å². The molecular formula is C33H62N10O8. The standard InChI is InChI=1S/C33H62N10O8/c1-19(2)25(41-27(44)21(36)11-5-7-15-34)30(47)39-22(13-9-17-38-33(37)51)28(45)40-23(12-6-8-16-35)31(48)43-18-10-14-24(43)29(46)42-26(20(3)4)32(49)50/h19-26H,5-18,34-36H2,1-4H3,(H,39,47)(H,40,45)(H,41,44)(H,42,46)(H,49,50)(H3,37,38,51)/t21-,22-,23-,24-,25-,26-/m0/s1. The Labute approximate surface area is 300 Å². The quantitative estimate of drug-likeness (QED) is 0.0502. The first-order valence-electron chi connectivity index (χ1n) is 18.0. The summed E-state index contributed by atoms with van der Waals surface area (Å²) in [6.07, 6.45) is 4.01. The number of rotatable bonds is 24. The van der Waals surface area contributed by atoms with Crippen LogP contribution in [0.5, 0.6) is 0 Å². The molecule has 1 rings (SSSR count). The number of carboxylic acids is 1. The third-order valence-corrected chi connectivity index (χ3v) is 8.79. The molecule has 1 heterocycles. The number of aliphatic carboxylic acids is 1. The second-order valence-electron chi connectivity index (χ2n) is 13.7. The Bertz CT molecular complexity index is 1170. The Kier molecular flexibility index (Phi) is 20.7. The molecule has 0 aromatic carbocycles. The molecule has 14 N–H and O–H groups in total. The van der Waals surface area contributed by atoms with E-state index in [-0.39, 0.29) is 38.3 Å². The van der Waals surface area contributed by atoms with Crippen molar-refractivity contribution in [3.8, 4) is 0 Å². The molecule has 7 amide bonds. The van der Waals surface area contributed by atoms with Crippen LogP contribution in [-0.2, 0) is 28.8 Å². The van der Waals surface area contributed by atoms with E-state index in [0.717, 1.165) is 0 Å². The number of primary amides is 1. The molecule has 292 valence electrons. The Morgan fingerprint density at radius 1 is 0.725 bits per heavy atom. The summed E-state index contributed by atoms with van der Waals surface area (Å²) in [7, 11) is 0. The van der Waals surface area contributed by atoms with Gasteiger partial charge in [-0.05, 0) is 82.7 Å². The number of nitrogens with zero attached hydrogens (tertiary/aromatic N) is 1. The van der Waals surface area contributed by atoms with Gasteiger partial charge in [0, 0.05) is 13.1 Å². The van der Waals surface area contributed by atoms with Gasteiger partial charge in [0.25, 0.3) is 0 Å². The van der Waals surface area contributed by atoms with Gasteiger partial charge in [-0.3, -0.25) is 24.0 Å². The number of hydrogen-bond acceptors (Lipinski definition) is 10. The van der Waals surface area contributed by atoms with Gasteiger partial charge >= 0.3 is 12.0 Å². The Morgan fingerprint density at radius 3 is 1.84 bits per heavy atom. The summed E-state index contributed by atoms with van der Waals surface area (Å²) in [4.78, 5) is 91.7. The predicted molar refractivity (Wildman–Crippen MR) is 190 cm³/mol. The zero-order valence-electron chi connectivity index (χ0n) is 30.6. The highest BCUT2D eigenvalue weighted by atomic mass is 16.4. The summed E-state index contributed by atoms with van der Waals surface area (Å²) in [5.41, 5.74) is 22.4. The molecule has 0 saturated carbocycles. The molecule has 18 heteroatoms. The molecule has 1 aliphatic rings. The molecule has 51 heavy (non-hydrogen) atoms. The number of likely N-dealkylation sites (tertiary alicyclic amines) is 1. The van der Waals surface area contributed by atoms with Crippen molar-refractivity contribution in [2.75, 3.05) is 26.2 Å². The van der Waals surface area contributed by atoms with Gasteiger partial charge in [-0.25, -0.2) is 9.59 Å². The lowest BCUT2D eigenvalue weighted by Gasteiger charge is -2.31. The smallest absolute Gasteiger partial charge is 0.326 e. The van der Waals surface area contributed by atoms with Gasteiger partial charge in [0.1, 0.15) is 30.2 Å². The van der Waals surface area contributed by atoms with Gasteiger partial charge in [0.05, 0.1) is 6.04 Å². The first kappa shape index (κ1) is 45.0. The van der Waals surface area contributed by atoms with Crippen molar-refractivity contribution in [3.05, 3.63) is 0 Å². The minimum atomic E-state index is -1.19. The summed E-state index contributed by atoms with van der Waals surface area (Å²) >= 11 is 0. The van der Waals surface area contributed by atoms with E-state index in [0.29, 0.717) is 58.0 Å². The van der Waals surface area contributed by atoms with Crippen LogP contribution >= 0.6 is 0 Å². The van der Waals surface area contributed by atoms with Gasteiger partial charge in [-0.1, -0.05) is 34.1 Å². The number of nitrogens with two attached hydrogens (primary N) is 4. The fourth-order valence-corrected chi connectivity index (χ4v) is 5.77. The van der Waals surface area contributed by atoms with Crippen molar-refractivity contribution < 1.29 is 38.7 Å². The fraction of sp³-hybridized carbons (Fsp3) is 0.788. The summed E-state index contributed by atoms with van der Waals surface area (Å²) in [5, 5.41) is 22.7. The van der Waals surface area contributed by atoms with Crippen molar-refractivity contribution in [2.24, 2.45) is 34.8 Å². The fourth-order valence-electron chi connectivity index (χ4n) is 5.77. The third kappa shape index (κ3) is 15.8. The lowest BCUT2D eigenvalue weighted by atomic mass is 10.0. The SMILES string of the molecule is CC(C)[C@H](NC(=O)[C@@H]1CCCN1C(=O)[C@H](CCCCN)NC(=O)[C@H](CCCNC(N)=O)NC(=O)[C@@H](NC(=O)[C@@H](N)CCCCN)C(C)C)C(=O)O. The Hall–Kier alpha value is -4.03. The average Bonchev–Trinajstić information content (AvgIpc) is 3.56. The highest BCUT2D eigenvalue weighted by molar-refractivity contribution is 5.96. The normalized spacial score (nSPS) is 17.2. The Balaban J connectivity index is 3.25. The molecule has 0 aliphatic carbocycles. The lowest BCUT2D eigenvalue weighted by molar-refractivity contribution is -0.146. The van der Waals surface area contributed by atoms with Crippen LogP contribution in [0, 0.1) is 11.8 Å². The van der Waals surface area contributed by atoms with Gasteiger partial charge in [-0.2, -0.15) is 0 Å². The molecule has 0 bridgehead atoms. The number of carbonyl (C=O) groups excluding carboxylic acids is 6. The first-order valence-corrected chi connectivity index (χ1v) is 18.0. The van der Waals surface area contributed by atoms with Crippen LogP contribution in [0.1, 0.15) is 91.9 Å². The molecule has 0 radical (unpaired) electrons. The summed E-state index contributed by atoms with van der Waals surface area (Å²) in [6, 6.07) is -7.01. The predicted octanol–water partition coefficient (Wildman–Crippen LogP) is -1.65. The molecule has 1 saturated heterocycles. The lowest BCUT2D eigenvalue weighted by Crippen LogP contribution is -2.60. The van der Waals surface area contributed by atoms with Crippen LogP contribution in [0.4, 0.5) is 4.79 Å². The second-order valence-corrected chi connectivity index (χ2v) is 13.7. The number of hydrogen-bond donors (Lipinski definition) is 10. The molecule has 18 nitrogen and oxygen atoms in total. The number of urea groups is 1. The van der Waals surface area contributed by atoms with Gasteiger partial charge in [0.2, 0.25) is 29.5 Å². The van der Waals surface area contributed by atoms with Crippen molar-refractivity contribution in [1.82, 2.24) is 31.5 Å². The average molecular weight is 727 g/mol. The van der Waals surface area contributed by atoms with Crippen molar-refractivity contribution in [3.63, 3.8) is 0 Å². The number of amides is 7.